The van der Waals surface area contributed by atoms with Crippen molar-refractivity contribution in [1.29, 1.82) is 0 Å². The molecule has 0 aliphatic carbocycles. The van der Waals surface area contributed by atoms with Crippen molar-refractivity contribution in [3.63, 3.8) is 0 Å². The number of aliphatic hydroxyl groups excluding tert-OH is 1. The fraction of sp³-hybridized carbons (Fsp3) is 0.444. The molecule has 1 aliphatic rings. The summed E-state index contributed by atoms with van der Waals surface area (Å²) in [6.07, 6.45) is 1.77. The fourth-order valence-corrected chi connectivity index (χ4v) is 3.52. The molecule has 0 saturated carbocycles. The number of piperidine rings is 1. The molecule has 23 heavy (non-hydrogen) atoms. The number of ether oxygens (including phenoxy) is 2. The number of aliphatic hydroxyl groups is 1. The maximum atomic E-state index is 9.78. The summed E-state index contributed by atoms with van der Waals surface area (Å²) in [5.74, 6) is 1.53. The van der Waals surface area contributed by atoms with Gasteiger partial charge in [-0.3, -0.25) is 4.90 Å². The Morgan fingerprint density at radius 2 is 2.22 bits per heavy atom. The van der Waals surface area contributed by atoms with Crippen molar-refractivity contribution in [2.24, 2.45) is 0 Å². The fourth-order valence-electron chi connectivity index (χ4n) is 2.91. The highest BCUT2D eigenvalue weighted by Crippen LogP contribution is 2.30. The van der Waals surface area contributed by atoms with Gasteiger partial charge in [-0.15, -0.1) is 11.3 Å². The molecule has 124 valence electrons. The minimum atomic E-state index is -0.195. The average Bonchev–Trinajstić information content (AvgIpc) is 3.07. The minimum absolute atomic E-state index is 0.195. The van der Waals surface area contributed by atoms with E-state index in [0.29, 0.717) is 6.61 Å². The summed E-state index contributed by atoms with van der Waals surface area (Å²) >= 11 is 1.69. The van der Waals surface area contributed by atoms with E-state index in [4.69, 9.17) is 9.47 Å². The van der Waals surface area contributed by atoms with Crippen LogP contribution in [-0.4, -0.2) is 36.3 Å². The highest BCUT2D eigenvalue weighted by Gasteiger charge is 2.18. The highest BCUT2D eigenvalue weighted by atomic mass is 32.1. The lowest BCUT2D eigenvalue weighted by Gasteiger charge is -2.30. The Balaban J connectivity index is 1.64. The molecule has 1 aliphatic heterocycles. The summed E-state index contributed by atoms with van der Waals surface area (Å²) in [7, 11) is 1.67. The van der Waals surface area contributed by atoms with Crippen LogP contribution in [0.25, 0.3) is 0 Å². The third-order valence-corrected chi connectivity index (χ3v) is 4.91. The van der Waals surface area contributed by atoms with E-state index >= 15 is 0 Å². The van der Waals surface area contributed by atoms with E-state index in [1.165, 1.54) is 10.4 Å². The lowest BCUT2D eigenvalue weighted by molar-refractivity contribution is 0.0668. The normalized spacial score (nSPS) is 18.8. The maximum Gasteiger partial charge on any atom is 0.161 e. The first-order valence-corrected chi connectivity index (χ1v) is 8.85. The van der Waals surface area contributed by atoms with Gasteiger partial charge in [-0.2, -0.15) is 0 Å². The third kappa shape index (κ3) is 4.47. The Kier molecular flexibility index (Phi) is 5.54. The van der Waals surface area contributed by atoms with Crippen molar-refractivity contribution < 1.29 is 14.6 Å². The summed E-state index contributed by atoms with van der Waals surface area (Å²) < 4.78 is 11.3. The van der Waals surface area contributed by atoms with E-state index in [-0.39, 0.29) is 6.10 Å². The van der Waals surface area contributed by atoms with Crippen molar-refractivity contribution in [3.8, 4) is 11.5 Å². The molecule has 0 amide bonds. The summed E-state index contributed by atoms with van der Waals surface area (Å²) in [5.41, 5.74) is 1.18. The van der Waals surface area contributed by atoms with Gasteiger partial charge >= 0.3 is 0 Å². The monoisotopic (exact) mass is 333 g/mol. The number of likely N-dealkylation sites (tertiary alicyclic amines) is 1. The zero-order chi connectivity index (χ0) is 16.1. The third-order valence-electron chi connectivity index (χ3n) is 4.06. The van der Waals surface area contributed by atoms with Crippen LogP contribution in [0.2, 0.25) is 0 Å². The predicted molar refractivity (Wildman–Crippen MR) is 92.2 cm³/mol. The van der Waals surface area contributed by atoms with Gasteiger partial charge < -0.3 is 14.6 Å². The zero-order valence-electron chi connectivity index (χ0n) is 13.4. The van der Waals surface area contributed by atoms with E-state index < -0.39 is 0 Å². The molecule has 1 fully saturated rings. The van der Waals surface area contributed by atoms with Gasteiger partial charge in [-0.05, 0) is 48.5 Å². The number of methoxy groups -OCH3 is 1. The lowest BCUT2D eigenvalue weighted by atomic mass is 10.1. The number of β-amino-alcohol motifs (C(OH)–C–C–N with tert-alkyl or cyclic N) is 1. The van der Waals surface area contributed by atoms with Crippen molar-refractivity contribution in [2.45, 2.75) is 32.1 Å². The Morgan fingerprint density at radius 3 is 2.96 bits per heavy atom. The molecule has 1 atom stereocenters. The summed E-state index contributed by atoms with van der Waals surface area (Å²) in [6.45, 7) is 3.18. The van der Waals surface area contributed by atoms with Gasteiger partial charge in [0.2, 0.25) is 0 Å². The molecule has 4 nitrogen and oxygen atoms in total. The number of thiophene rings is 1. The SMILES string of the molecule is COc1cc(CN2CCCC(O)C2)ccc1OCc1cccs1. The van der Waals surface area contributed by atoms with Crippen LogP contribution in [0.3, 0.4) is 0 Å². The van der Waals surface area contributed by atoms with Crippen molar-refractivity contribution in [3.05, 3.63) is 46.2 Å². The topological polar surface area (TPSA) is 41.9 Å². The standard InChI is InChI=1S/C18H23NO3S/c1-21-18-10-14(11-19-8-2-4-15(20)12-19)6-7-17(18)22-13-16-5-3-9-23-16/h3,5-7,9-10,15,20H,2,4,8,11-13H2,1H3. The molecule has 0 spiro atoms. The first-order chi connectivity index (χ1) is 11.2. The lowest BCUT2D eigenvalue weighted by Crippen LogP contribution is -2.37. The van der Waals surface area contributed by atoms with E-state index in [1.807, 2.05) is 23.6 Å². The molecule has 2 heterocycles. The molecule has 1 unspecified atom stereocenters. The van der Waals surface area contributed by atoms with Crippen LogP contribution in [0.5, 0.6) is 11.5 Å². The summed E-state index contributed by atoms with van der Waals surface area (Å²) in [4.78, 5) is 3.48. The Labute approximate surface area is 141 Å². The van der Waals surface area contributed by atoms with Crippen LogP contribution in [0.15, 0.2) is 35.7 Å². The number of hydrogen-bond donors (Lipinski definition) is 1. The van der Waals surface area contributed by atoms with Gasteiger partial charge in [-0.25, -0.2) is 0 Å². The molecule has 1 saturated heterocycles. The molecule has 1 N–H and O–H groups in total. The van der Waals surface area contributed by atoms with Gasteiger partial charge in [-0.1, -0.05) is 12.1 Å². The summed E-state index contributed by atoms with van der Waals surface area (Å²) in [6, 6.07) is 10.2. The smallest absolute Gasteiger partial charge is 0.161 e. The molecule has 0 radical (unpaired) electrons. The Morgan fingerprint density at radius 1 is 1.30 bits per heavy atom. The van der Waals surface area contributed by atoms with Crippen molar-refractivity contribution >= 4 is 11.3 Å². The van der Waals surface area contributed by atoms with E-state index in [2.05, 4.69) is 17.0 Å². The van der Waals surface area contributed by atoms with E-state index in [0.717, 1.165) is 44.0 Å². The molecule has 5 heteroatoms. The molecule has 2 aromatic rings. The number of hydrogen-bond acceptors (Lipinski definition) is 5. The van der Waals surface area contributed by atoms with Crippen LogP contribution in [0.4, 0.5) is 0 Å². The zero-order valence-corrected chi connectivity index (χ0v) is 14.2. The van der Waals surface area contributed by atoms with Crippen LogP contribution < -0.4 is 9.47 Å². The Bertz CT molecular complexity index is 615. The van der Waals surface area contributed by atoms with Crippen molar-refractivity contribution in [2.75, 3.05) is 20.2 Å². The van der Waals surface area contributed by atoms with E-state index in [1.54, 1.807) is 18.4 Å². The molecular weight excluding hydrogens is 310 g/mol. The second-order valence-corrected chi connectivity index (χ2v) is 6.92. The van der Waals surface area contributed by atoms with Gasteiger partial charge in [0.15, 0.2) is 11.5 Å². The van der Waals surface area contributed by atoms with Crippen LogP contribution in [-0.2, 0) is 13.2 Å². The first kappa shape index (κ1) is 16.3. The summed E-state index contributed by atoms with van der Waals surface area (Å²) in [5, 5.41) is 11.8. The highest BCUT2D eigenvalue weighted by molar-refractivity contribution is 7.09. The van der Waals surface area contributed by atoms with Crippen LogP contribution in [0, 0.1) is 0 Å². The molecular formula is C18H23NO3S. The largest absolute Gasteiger partial charge is 0.493 e. The molecule has 0 bridgehead atoms. The quantitative estimate of drug-likeness (QED) is 0.881. The van der Waals surface area contributed by atoms with Gasteiger partial charge in [0.1, 0.15) is 6.61 Å². The van der Waals surface area contributed by atoms with Gasteiger partial charge in [0.25, 0.3) is 0 Å². The van der Waals surface area contributed by atoms with Gasteiger partial charge in [0, 0.05) is 18.0 Å². The second-order valence-electron chi connectivity index (χ2n) is 5.88. The molecule has 1 aromatic heterocycles. The molecule has 3 rings (SSSR count). The predicted octanol–water partition coefficient (Wildman–Crippen LogP) is 3.29. The minimum Gasteiger partial charge on any atom is -0.493 e. The molecule has 1 aromatic carbocycles. The maximum absolute atomic E-state index is 9.78. The van der Waals surface area contributed by atoms with Crippen LogP contribution >= 0.6 is 11.3 Å². The van der Waals surface area contributed by atoms with Crippen LogP contribution in [0.1, 0.15) is 23.3 Å². The average molecular weight is 333 g/mol. The van der Waals surface area contributed by atoms with E-state index in [9.17, 15) is 5.11 Å². The number of benzene rings is 1. The first-order valence-electron chi connectivity index (χ1n) is 7.97. The van der Waals surface area contributed by atoms with Gasteiger partial charge in [0.05, 0.1) is 13.2 Å². The second kappa shape index (κ2) is 7.81. The number of rotatable bonds is 6. The Hall–Kier alpha value is -1.56. The number of nitrogens with zero attached hydrogens (tertiary/aromatic N) is 1. The van der Waals surface area contributed by atoms with Crippen molar-refractivity contribution in [1.82, 2.24) is 4.90 Å².